The summed E-state index contributed by atoms with van der Waals surface area (Å²) in [5, 5.41) is 0. The Morgan fingerprint density at radius 3 is 0.533 bits per heavy atom. The van der Waals surface area contributed by atoms with Gasteiger partial charge in [-0.15, -0.1) is 0 Å². The van der Waals surface area contributed by atoms with E-state index in [0.29, 0.717) is 0 Å². The molecule has 100 valence electrons. The van der Waals surface area contributed by atoms with Gasteiger partial charge in [-0.2, -0.15) is 37.8 Å². The fourth-order valence-corrected chi connectivity index (χ4v) is 0. The van der Waals surface area contributed by atoms with E-state index < -0.39 is 26.6 Å². The first-order valence-corrected chi connectivity index (χ1v) is 9.31. The summed E-state index contributed by atoms with van der Waals surface area (Å²) in [5.41, 5.74) is 0. The molecule has 0 aromatic carbocycles. The van der Waals surface area contributed by atoms with Crippen molar-refractivity contribution in [2.45, 2.75) is 0 Å². The zero-order valence-electron chi connectivity index (χ0n) is 5.85. The monoisotopic (exact) mass is 436 g/mol. The van der Waals surface area contributed by atoms with Gasteiger partial charge in [-0.25, -0.2) is 0 Å². The molecule has 0 rings (SSSR count). The van der Waals surface area contributed by atoms with E-state index in [1.165, 1.54) is 0 Å². The first-order chi connectivity index (χ1) is 6.61. The molecule has 0 saturated heterocycles. The van der Waals surface area contributed by atoms with Crippen LogP contribution >= 0.6 is 45.9 Å². The van der Waals surface area contributed by atoms with E-state index in [-0.39, 0.29) is 15.1 Å². The SMILES string of the molecule is FP(F)F.FP(F)F.FP(F)F.[Cl][Ru][Cl]. The Bertz CT molecular complexity index is 61.2. The maximum absolute atomic E-state index is 9.73. The van der Waals surface area contributed by atoms with Crippen LogP contribution in [0.2, 0.25) is 0 Å². The number of hydrogen-bond donors (Lipinski definition) is 0. The molecular weight excluding hydrogens is 436 g/mol. The van der Waals surface area contributed by atoms with Gasteiger partial charge in [-0.05, 0) is 0 Å². The molecule has 0 spiro atoms. The summed E-state index contributed by atoms with van der Waals surface area (Å²) in [6.45, 7) is 0. The van der Waals surface area contributed by atoms with Crippen molar-refractivity contribution < 1.29 is 52.9 Å². The fourth-order valence-electron chi connectivity index (χ4n) is 0. The second-order valence-electron chi connectivity index (χ2n) is 0.625. The summed E-state index contributed by atoms with van der Waals surface area (Å²) in [4.78, 5) is 0. The van der Waals surface area contributed by atoms with E-state index in [1.54, 1.807) is 0 Å². The maximum atomic E-state index is 9.73. The number of rotatable bonds is 0. The van der Waals surface area contributed by atoms with Crippen LogP contribution in [-0.4, -0.2) is 0 Å². The van der Waals surface area contributed by atoms with Crippen molar-refractivity contribution in [1.29, 1.82) is 0 Å². The van der Waals surface area contributed by atoms with Crippen molar-refractivity contribution in [2.24, 2.45) is 0 Å². The molecule has 0 fully saturated rings. The van der Waals surface area contributed by atoms with Gasteiger partial charge in [0.1, 0.15) is 0 Å². The minimum atomic E-state index is -4.12. The Morgan fingerprint density at radius 1 is 0.533 bits per heavy atom. The molecule has 0 N–H and O–H groups in total. The molecule has 0 bridgehead atoms. The van der Waals surface area contributed by atoms with Crippen LogP contribution in [0.25, 0.3) is 0 Å². The van der Waals surface area contributed by atoms with E-state index in [2.05, 4.69) is 0 Å². The molecule has 0 amide bonds. The third-order valence-electron chi connectivity index (χ3n) is 0. The first-order valence-electron chi connectivity index (χ1n) is 1.79. The quantitative estimate of drug-likeness (QED) is 0.207. The summed E-state index contributed by atoms with van der Waals surface area (Å²) < 4.78 is 87.6. The van der Waals surface area contributed by atoms with E-state index >= 15 is 0 Å². The van der Waals surface area contributed by atoms with Gasteiger partial charge in [0.05, 0.1) is 0 Å². The second-order valence-corrected chi connectivity index (χ2v) is 4.41. The summed E-state index contributed by atoms with van der Waals surface area (Å²) >= 11 is -0.346. The second kappa shape index (κ2) is 24.9. The van der Waals surface area contributed by atoms with Crippen LogP contribution in [0.1, 0.15) is 0 Å². The molecule has 0 atom stereocenters. The van der Waals surface area contributed by atoms with E-state index in [0.717, 1.165) is 0 Å². The van der Waals surface area contributed by atoms with Crippen molar-refractivity contribution in [2.75, 3.05) is 0 Å². The summed E-state index contributed by atoms with van der Waals surface area (Å²) in [6.07, 6.45) is 0. The van der Waals surface area contributed by atoms with E-state index in [9.17, 15) is 37.8 Å². The predicted octanol–water partition coefficient (Wildman–Crippen LogP) is 7.74. The summed E-state index contributed by atoms with van der Waals surface area (Å²) in [6, 6.07) is 0. The minimum absolute atomic E-state index is 0.346. The molecule has 0 aliphatic carbocycles. The third kappa shape index (κ3) is 878. The van der Waals surface area contributed by atoms with Crippen LogP contribution in [-0.2, 0) is 15.1 Å². The van der Waals surface area contributed by atoms with Gasteiger partial charge in [0.25, 0.3) is 0 Å². The van der Waals surface area contributed by atoms with Crippen LogP contribution in [0.3, 0.4) is 0 Å². The van der Waals surface area contributed by atoms with Crippen LogP contribution in [0.15, 0.2) is 0 Å². The van der Waals surface area contributed by atoms with Gasteiger partial charge in [-0.3, -0.25) is 0 Å². The molecule has 0 nitrogen and oxygen atoms in total. The van der Waals surface area contributed by atoms with Gasteiger partial charge in [0, 0.05) is 0 Å². The summed E-state index contributed by atoms with van der Waals surface area (Å²) in [5.74, 6) is 0. The predicted molar refractivity (Wildman–Crippen MR) is 42.4 cm³/mol. The van der Waals surface area contributed by atoms with Gasteiger partial charge < -0.3 is 0 Å². The molecule has 0 heterocycles. The van der Waals surface area contributed by atoms with E-state index in [4.69, 9.17) is 19.4 Å². The van der Waals surface area contributed by atoms with Gasteiger partial charge in [-0.1, -0.05) is 0 Å². The van der Waals surface area contributed by atoms with Crippen molar-refractivity contribution >= 4 is 45.9 Å². The standard InChI is InChI=1S/2ClH.3F3P.Ru/c;;3*1-4(2)3;/h2*1H;;;;/q;;;;;+2/p-2. The molecule has 0 aliphatic heterocycles. The van der Waals surface area contributed by atoms with Crippen LogP contribution in [0, 0.1) is 0 Å². The Morgan fingerprint density at radius 2 is 0.533 bits per heavy atom. The average Bonchev–Trinajstić information content (AvgIpc) is 1.81. The van der Waals surface area contributed by atoms with Crippen LogP contribution < -0.4 is 0 Å². The molecule has 0 aliphatic rings. The normalized spacial score (nSPS) is 8.67. The first kappa shape index (κ1) is 25.6. The fraction of sp³-hybridized carbons (Fsp3) is 0. The third-order valence-corrected chi connectivity index (χ3v) is 0. The van der Waals surface area contributed by atoms with Crippen molar-refractivity contribution in [3.05, 3.63) is 0 Å². The molecule has 0 saturated carbocycles. The molecular formula is Cl2F9P3Ru. The zero-order chi connectivity index (χ0) is 13.4. The summed E-state index contributed by atoms with van der Waals surface area (Å²) in [7, 11) is -2.65. The van der Waals surface area contributed by atoms with Crippen LogP contribution in [0.5, 0.6) is 0 Å². The van der Waals surface area contributed by atoms with Crippen LogP contribution in [0.4, 0.5) is 37.8 Å². The Hall–Kier alpha value is 1.86. The van der Waals surface area contributed by atoms with Crippen molar-refractivity contribution in [1.82, 2.24) is 0 Å². The Kier molecular flexibility index (Phi) is 42.6. The van der Waals surface area contributed by atoms with E-state index in [1.807, 2.05) is 0 Å². The van der Waals surface area contributed by atoms with Gasteiger partial charge in [0.15, 0.2) is 0 Å². The Labute approximate surface area is 98.9 Å². The van der Waals surface area contributed by atoms with Crippen molar-refractivity contribution in [3.8, 4) is 0 Å². The van der Waals surface area contributed by atoms with Gasteiger partial charge in [0.2, 0.25) is 0 Å². The molecule has 0 aromatic heterocycles. The average molecular weight is 436 g/mol. The zero-order valence-corrected chi connectivity index (χ0v) is 11.8. The van der Waals surface area contributed by atoms with Crippen molar-refractivity contribution in [3.63, 3.8) is 0 Å². The molecule has 15 heavy (non-hydrogen) atoms. The topological polar surface area (TPSA) is 0 Å². The Balaban J connectivity index is -0.0000000542. The molecule has 0 radical (unpaired) electrons. The molecule has 15 heteroatoms. The molecule has 0 unspecified atom stereocenters. The molecule has 0 aromatic rings. The number of halogens is 11. The number of hydrogen-bond acceptors (Lipinski definition) is 0. The van der Waals surface area contributed by atoms with Gasteiger partial charge >= 0.3 is 61.1 Å².